The van der Waals surface area contributed by atoms with E-state index in [1.807, 2.05) is 67.6 Å². The Balaban J connectivity index is 1.52. The molecule has 0 aliphatic rings. The van der Waals surface area contributed by atoms with Crippen molar-refractivity contribution in [1.29, 1.82) is 0 Å². The second-order valence-corrected chi connectivity index (χ2v) is 6.81. The number of carbonyl (C=O) groups is 1. The fraction of sp³-hybridized carbons (Fsp3) is 0.182. The number of nitrogens with one attached hydrogen (secondary N) is 1. The van der Waals surface area contributed by atoms with Crippen LogP contribution in [0, 0.1) is 0 Å². The number of fused-ring (bicyclic) bond motifs is 1. The number of hydrogen-bond acceptors (Lipinski definition) is 5. The molecule has 0 saturated carbocycles. The Kier molecular flexibility index (Phi) is 5.56. The third-order valence-electron chi connectivity index (χ3n) is 4.74. The van der Waals surface area contributed by atoms with Crippen LogP contribution < -0.4 is 11.0 Å². The Morgan fingerprint density at radius 2 is 1.73 bits per heavy atom. The molecule has 4 rings (SSSR count). The van der Waals surface area contributed by atoms with Gasteiger partial charge >= 0.3 is 5.69 Å². The number of amides is 1. The molecule has 0 aliphatic heterocycles. The zero-order valence-corrected chi connectivity index (χ0v) is 16.6. The van der Waals surface area contributed by atoms with Gasteiger partial charge in [0.1, 0.15) is 12.4 Å². The Hall–Kier alpha value is -3.94. The maximum atomic E-state index is 12.8. The molecule has 8 nitrogen and oxygen atoms in total. The molecule has 0 unspecified atom stereocenters. The van der Waals surface area contributed by atoms with Crippen molar-refractivity contribution in [1.82, 2.24) is 24.1 Å². The molecule has 4 aromatic rings. The van der Waals surface area contributed by atoms with Gasteiger partial charge in [-0.15, -0.1) is 5.10 Å². The van der Waals surface area contributed by atoms with Gasteiger partial charge in [-0.2, -0.15) is 4.98 Å². The van der Waals surface area contributed by atoms with E-state index in [-0.39, 0.29) is 18.2 Å². The molecule has 2 heterocycles. The lowest BCUT2D eigenvalue weighted by Crippen LogP contribution is -2.36. The minimum atomic E-state index is -0.395. The third-order valence-corrected chi connectivity index (χ3v) is 4.74. The molecule has 0 radical (unpaired) electrons. The number of aromatic nitrogens is 4. The second-order valence-electron chi connectivity index (χ2n) is 6.81. The molecular formula is C22H22N6O2. The number of anilines is 2. The minimum Gasteiger partial charge on any atom is -0.340 e. The summed E-state index contributed by atoms with van der Waals surface area (Å²) in [7, 11) is 0. The molecule has 0 aliphatic carbocycles. The molecule has 2 aromatic heterocycles. The number of para-hydroxylation sites is 1. The van der Waals surface area contributed by atoms with Crippen LogP contribution in [-0.4, -0.2) is 36.5 Å². The molecular weight excluding hydrogens is 380 g/mol. The van der Waals surface area contributed by atoms with Crippen molar-refractivity contribution in [3.63, 3.8) is 0 Å². The number of benzene rings is 2. The van der Waals surface area contributed by atoms with Gasteiger partial charge in [0.05, 0.1) is 0 Å². The minimum absolute atomic E-state index is 0.135. The van der Waals surface area contributed by atoms with Crippen molar-refractivity contribution >= 4 is 23.2 Å². The standard InChI is InChI=1S/C22H22N6O2/c1-2-26(15-17-9-5-3-6-10-17)20(29)16-28-22(30)27-14-13-19(24-21(27)25-28)23-18-11-7-4-8-12-18/h3-14H,2,15-16H2,1H3,(H,23,24,25). The van der Waals surface area contributed by atoms with Crippen molar-refractivity contribution in [2.45, 2.75) is 20.0 Å². The zero-order valence-electron chi connectivity index (χ0n) is 16.6. The zero-order chi connectivity index (χ0) is 20.9. The Morgan fingerprint density at radius 1 is 1.03 bits per heavy atom. The highest BCUT2D eigenvalue weighted by Gasteiger charge is 2.17. The first kappa shape index (κ1) is 19.4. The van der Waals surface area contributed by atoms with E-state index in [2.05, 4.69) is 15.4 Å². The molecule has 0 saturated heterocycles. The highest BCUT2D eigenvalue weighted by molar-refractivity contribution is 5.75. The Morgan fingerprint density at radius 3 is 2.43 bits per heavy atom. The molecule has 1 amide bonds. The Labute approximate surface area is 173 Å². The first-order valence-electron chi connectivity index (χ1n) is 9.74. The topological polar surface area (TPSA) is 84.5 Å². The molecule has 0 spiro atoms. The number of hydrogen-bond donors (Lipinski definition) is 1. The summed E-state index contributed by atoms with van der Waals surface area (Å²) in [5, 5.41) is 7.42. The maximum absolute atomic E-state index is 12.8. The SMILES string of the molecule is CCN(Cc1ccccc1)C(=O)Cn1nc2nc(Nc3ccccc3)ccn2c1=O. The molecule has 0 bridgehead atoms. The quantitative estimate of drug-likeness (QED) is 0.514. The fourth-order valence-corrected chi connectivity index (χ4v) is 3.16. The third kappa shape index (κ3) is 4.22. The number of rotatable bonds is 7. The summed E-state index contributed by atoms with van der Waals surface area (Å²) in [5.41, 5.74) is 1.52. The van der Waals surface area contributed by atoms with E-state index in [0.29, 0.717) is 18.9 Å². The van der Waals surface area contributed by atoms with Crippen LogP contribution in [-0.2, 0) is 17.9 Å². The first-order chi connectivity index (χ1) is 14.6. The number of nitrogens with zero attached hydrogens (tertiary/aromatic N) is 5. The fourth-order valence-electron chi connectivity index (χ4n) is 3.16. The summed E-state index contributed by atoms with van der Waals surface area (Å²) in [6, 6.07) is 21.0. The summed E-state index contributed by atoms with van der Waals surface area (Å²) in [6.07, 6.45) is 1.60. The lowest BCUT2D eigenvalue weighted by molar-refractivity contribution is -0.132. The van der Waals surface area contributed by atoms with Crippen LogP contribution in [0.4, 0.5) is 11.5 Å². The molecule has 2 aromatic carbocycles. The van der Waals surface area contributed by atoms with Gasteiger partial charge in [-0.3, -0.25) is 4.79 Å². The summed E-state index contributed by atoms with van der Waals surface area (Å²) in [5.74, 6) is 0.630. The number of carbonyl (C=O) groups excluding carboxylic acids is 1. The van der Waals surface area contributed by atoms with Gasteiger partial charge in [0.25, 0.3) is 5.78 Å². The van der Waals surface area contributed by atoms with Crippen molar-refractivity contribution in [3.05, 3.63) is 89.0 Å². The van der Waals surface area contributed by atoms with Crippen LogP contribution in [0.1, 0.15) is 12.5 Å². The molecule has 1 N–H and O–H groups in total. The maximum Gasteiger partial charge on any atom is 0.352 e. The predicted octanol–water partition coefficient (Wildman–Crippen LogP) is 2.68. The van der Waals surface area contributed by atoms with Gasteiger partial charge in [-0.25, -0.2) is 13.9 Å². The van der Waals surface area contributed by atoms with Crippen LogP contribution in [0.3, 0.4) is 0 Å². The summed E-state index contributed by atoms with van der Waals surface area (Å²) in [4.78, 5) is 31.5. The van der Waals surface area contributed by atoms with Gasteiger partial charge in [0.2, 0.25) is 5.91 Å². The second kappa shape index (κ2) is 8.60. The van der Waals surface area contributed by atoms with Gasteiger partial charge in [-0.05, 0) is 30.7 Å². The summed E-state index contributed by atoms with van der Waals surface area (Å²) < 4.78 is 2.49. The van der Waals surface area contributed by atoms with E-state index in [0.717, 1.165) is 15.9 Å². The highest BCUT2D eigenvalue weighted by Crippen LogP contribution is 2.13. The van der Waals surface area contributed by atoms with Crippen molar-refractivity contribution < 1.29 is 4.79 Å². The van der Waals surface area contributed by atoms with Gasteiger partial charge < -0.3 is 10.2 Å². The molecule has 0 fully saturated rings. The summed E-state index contributed by atoms with van der Waals surface area (Å²) >= 11 is 0. The normalized spacial score (nSPS) is 10.8. The monoisotopic (exact) mass is 402 g/mol. The van der Waals surface area contributed by atoms with E-state index in [1.54, 1.807) is 17.2 Å². The average molecular weight is 402 g/mol. The average Bonchev–Trinajstić information content (AvgIpc) is 3.08. The van der Waals surface area contributed by atoms with Gasteiger partial charge in [0, 0.05) is 25.0 Å². The molecule has 0 atom stereocenters. The van der Waals surface area contributed by atoms with E-state index in [1.165, 1.54) is 4.40 Å². The lowest BCUT2D eigenvalue weighted by atomic mass is 10.2. The summed E-state index contributed by atoms with van der Waals surface area (Å²) in [6.45, 7) is 2.81. The highest BCUT2D eigenvalue weighted by atomic mass is 16.2. The molecule has 152 valence electrons. The largest absolute Gasteiger partial charge is 0.352 e. The first-order valence-corrected chi connectivity index (χ1v) is 9.74. The van der Waals surface area contributed by atoms with Crippen LogP contribution in [0.25, 0.3) is 5.78 Å². The van der Waals surface area contributed by atoms with Crippen molar-refractivity contribution in [3.8, 4) is 0 Å². The van der Waals surface area contributed by atoms with Crippen LogP contribution in [0.5, 0.6) is 0 Å². The van der Waals surface area contributed by atoms with Gasteiger partial charge in [-0.1, -0.05) is 48.5 Å². The van der Waals surface area contributed by atoms with E-state index < -0.39 is 5.69 Å². The van der Waals surface area contributed by atoms with Crippen molar-refractivity contribution in [2.75, 3.05) is 11.9 Å². The van der Waals surface area contributed by atoms with E-state index >= 15 is 0 Å². The van der Waals surface area contributed by atoms with E-state index in [4.69, 9.17) is 0 Å². The number of likely N-dealkylation sites (N-methyl/N-ethyl adjacent to an activating group) is 1. The van der Waals surface area contributed by atoms with Crippen molar-refractivity contribution in [2.24, 2.45) is 0 Å². The van der Waals surface area contributed by atoms with Crippen LogP contribution >= 0.6 is 0 Å². The predicted molar refractivity (Wildman–Crippen MR) is 115 cm³/mol. The van der Waals surface area contributed by atoms with E-state index in [9.17, 15) is 9.59 Å². The Bertz CT molecular complexity index is 1200. The molecule has 8 heteroatoms. The molecule has 30 heavy (non-hydrogen) atoms. The van der Waals surface area contributed by atoms with Gasteiger partial charge in [0.15, 0.2) is 0 Å². The smallest absolute Gasteiger partial charge is 0.340 e. The van der Waals surface area contributed by atoms with Crippen LogP contribution in [0.15, 0.2) is 77.7 Å². The lowest BCUT2D eigenvalue weighted by Gasteiger charge is -2.20. The van der Waals surface area contributed by atoms with Crippen LogP contribution in [0.2, 0.25) is 0 Å².